The van der Waals surface area contributed by atoms with E-state index in [-0.39, 0.29) is 0 Å². The molecule has 0 fully saturated rings. The van der Waals surface area contributed by atoms with Gasteiger partial charge < -0.3 is 13.9 Å². The lowest BCUT2D eigenvalue weighted by Gasteiger charge is -2.28. The van der Waals surface area contributed by atoms with Crippen molar-refractivity contribution in [2.45, 2.75) is 0 Å². The fourth-order valence-corrected chi connectivity index (χ4v) is 8.66. The van der Waals surface area contributed by atoms with Crippen LogP contribution in [0.4, 0.5) is 17.1 Å². The van der Waals surface area contributed by atoms with E-state index in [0.29, 0.717) is 0 Å². The highest BCUT2D eigenvalue weighted by molar-refractivity contribution is 6.23. The van der Waals surface area contributed by atoms with Gasteiger partial charge in [-0.3, -0.25) is 0 Å². The van der Waals surface area contributed by atoms with Crippen LogP contribution in [0.5, 0.6) is 0 Å². The average Bonchev–Trinajstić information content (AvgIpc) is 3.85. The van der Waals surface area contributed by atoms with Crippen LogP contribution in [0.15, 0.2) is 223 Å². The second-order valence-corrected chi connectivity index (χ2v) is 14.5. The van der Waals surface area contributed by atoms with Crippen molar-refractivity contribution in [3.8, 4) is 39.1 Å². The summed E-state index contributed by atoms with van der Waals surface area (Å²) in [7, 11) is 0. The molecule has 11 aromatic rings. The zero-order chi connectivity index (χ0) is 37.7. The molecule has 0 unspecified atom stereocenters. The SMILES string of the molecule is c1ccc(-c2cccc(N(c3cccc(-c4ccccc4)c3)c3ccc(-c4cccc5oc6ccccc6c45)c4c3c3ccccc3n4-c3ccccc3)c2)cc1. The Bertz CT molecular complexity index is 3150. The second-order valence-electron chi connectivity index (χ2n) is 14.5. The van der Waals surface area contributed by atoms with Gasteiger partial charge in [0.05, 0.1) is 16.7 Å². The van der Waals surface area contributed by atoms with E-state index in [1.54, 1.807) is 0 Å². The number of hydrogen-bond acceptors (Lipinski definition) is 2. The maximum absolute atomic E-state index is 6.46. The van der Waals surface area contributed by atoms with Gasteiger partial charge in [0.2, 0.25) is 0 Å². The molecule has 11 rings (SSSR count). The molecule has 0 saturated carbocycles. The number of furan rings is 1. The zero-order valence-electron chi connectivity index (χ0n) is 31.1. The predicted octanol–water partition coefficient (Wildman–Crippen LogP) is 15.2. The molecule has 0 aliphatic carbocycles. The maximum Gasteiger partial charge on any atom is 0.136 e. The summed E-state index contributed by atoms with van der Waals surface area (Å²) >= 11 is 0. The van der Waals surface area contributed by atoms with E-state index >= 15 is 0 Å². The molecule has 0 aliphatic rings. The van der Waals surface area contributed by atoms with Gasteiger partial charge in [0.25, 0.3) is 0 Å². The van der Waals surface area contributed by atoms with E-state index in [2.05, 4.69) is 222 Å². The van der Waals surface area contributed by atoms with Crippen LogP contribution >= 0.6 is 0 Å². The van der Waals surface area contributed by atoms with Crippen molar-refractivity contribution >= 4 is 60.8 Å². The monoisotopic (exact) mass is 728 g/mol. The van der Waals surface area contributed by atoms with Gasteiger partial charge in [0.15, 0.2) is 0 Å². The lowest BCUT2D eigenvalue weighted by Crippen LogP contribution is -2.11. The topological polar surface area (TPSA) is 21.3 Å². The average molecular weight is 729 g/mol. The van der Waals surface area contributed by atoms with E-state index in [9.17, 15) is 0 Å². The summed E-state index contributed by atoms with van der Waals surface area (Å²) < 4.78 is 8.91. The van der Waals surface area contributed by atoms with Gasteiger partial charge in [0.1, 0.15) is 11.2 Å². The van der Waals surface area contributed by atoms with Crippen molar-refractivity contribution in [1.82, 2.24) is 4.57 Å². The van der Waals surface area contributed by atoms with E-state index in [4.69, 9.17) is 4.42 Å². The number of anilines is 3. The third-order valence-electron chi connectivity index (χ3n) is 11.2. The first-order chi connectivity index (χ1) is 28.3. The van der Waals surface area contributed by atoms with E-state index in [0.717, 1.165) is 78.0 Å². The molecule has 0 N–H and O–H groups in total. The van der Waals surface area contributed by atoms with Crippen LogP contribution in [0.25, 0.3) is 82.8 Å². The molecular weight excluding hydrogens is 693 g/mol. The molecule has 57 heavy (non-hydrogen) atoms. The number of rotatable bonds is 7. The van der Waals surface area contributed by atoms with Crippen molar-refractivity contribution in [3.05, 3.63) is 218 Å². The Hall–Kier alpha value is -7.62. The van der Waals surface area contributed by atoms with Gasteiger partial charge in [-0.05, 0) is 88.5 Å². The normalized spacial score (nSPS) is 11.5. The number of para-hydroxylation sites is 3. The van der Waals surface area contributed by atoms with Crippen LogP contribution in [0.3, 0.4) is 0 Å². The minimum atomic E-state index is 0.880. The Morgan fingerprint density at radius 1 is 0.368 bits per heavy atom. The summed E-state index contributed by atoms with van der Waals surface area (Å²) in [6.45, 7) is 0. The Balaban J connectivity index is 1.26. The molecule has 0 spiro atoms. The Kier molecular flexibility index (Phi) is 7.82. The molecule has 0 aliphatic heterocycles. The van der Waals surface area contributed by atoms with Crippen molar-refractivity contribution in [3.63, 3.8) is 0 Å². The molecule has 3 nitrogen and oxygen atoms in total. The number of nitrogens with zero attached hydrogens (tertiary/aromatic N) is 2. The molecule has 0 amide bonds. The van der Waals surface area contributed by atoms with Crippen LogP contribution in [0.1, 0.15) is 0 Å². The third kappa shape index (κ3) is 5.51. The number of hydrogen-bond donors (Lipinski definition) is 0. The summed E-state index contributed by atoms with van der Waals surface area (Å²) in [5.74, 6) is 0. The minimum Gasteiger partial charge on any atom is -0.456 e. The van der Waals surface area contributed by atoms with Crippen LogP contribution in [-0.2, 0) is 0 Å². The fourth-order valence-electron chi connectivity index (χ4n) is 8.66. The minimum absolute atomic E-state index is 0.880. The fraction of sp³-hybridized carbons (Fsp3) is 0. The summed E-state index contributed by atoms with van der Waals surface area (Å²) in [6, 6.07) is 78.2. The molecule has 268 valence electrons. The number of fused-ring (bicyclic) bond motifs is 6. The largest absolute Gasteiger partial charge is 0.456 e. The van der Waals surface area contributed by atoms with E-state index in [1.165, 1.54) is 21.9 Å². The van der Waals surface area contributed by atoms with Crippen LogP contribution < -0.4 is 4.90 Å². The molecule has 0 radical (unpaired) electrons. The molecular formula is C54H36N2O. The number of benzene rings is 9. The van der Waals surface area contributed by atoms with E-state index < -0.39 is 0 Å². The van der Waals surface area contributed by atoms with Gasteiger partial charge in [-0.1, -0.05) is 158 Å². The van der Waals surface area contributed by atoms with Gasteiger partial charge >= 0.3 is 0 Å². The Labute approximate surface area is 330 Å². The van der Waals surface area contributed by atoms with Crippen LogP contribution in [0, 0.1) is 0 Å². The highest BCUT2D eigenvalue weighted by Gasteiger charge is 2.25. The first-order valence-corrected chi connectivity index (χ1v) is 19.4. The van der Waals surface area contributed by atoms with Crippen LogP contribution in [-0.4, -0.2) is 4.57 Å². The first kappa shape index (κ1) is 32.8. The van der Waals surface area contributed by atoms with Crippen molar-refractivity contribution in [2.75, 3.05) is 4.90 Å². The van der Waals surface area contributed by atoms with Gasteiger partial charge in [-0.25, -0.2) is 0 Å². The molecule has 0 bridgehead atoms. The van der Waals surface area contributed by atoms with Crippen molar-refractivity contribution in [2.24, 2.45) is 0 Å². The molecule has 2 heterocycles. The summed E-state index contributed by atoms with van der Waals surface area (Å²) in [5, 5.41) is 4.59. The second kappa shape index (κ2) is 13.6. The van der Waals surface area contributed by atoms with E-state index in [1.807, 2.05) is 6.07 Å². The molecule has 0 saturated heterocycles. The maximum atomic E-state index is 6.46. The first-order valence-electron chi connectivity index (χ1n) is 19.4. The van der Waals surface area contributed by atoms with Crippen molar-refractivity contribution < 1.29 is 4.42 Å². The smallest absolute Gasteiger partial charge is 0.136 e. The summed E-state index contributed by atoms with van der Waals surface area (Å²) in [4.78, 5) is 2.45. The van der Waals surface area contributed by atoms with Crippen molar-refractivity contribution in [1.29, 1.82) is 0 Å². The summed E-state index contributed by atoms with van der Waals surface area (Å²) in [6.07, 6.45) is 0. The number of aromatic nitrogens is 1. The lowest BCUT2D eigenvalue weighted by atomic mass is 9.95. The highest BCUT2D eigenvalue weighted by Crippen LogP contribution is 2.49. The molecule has 0 atom stereocenters. The standard InChI is InChI=1S/C54H36N2O/c1-4-17-37(18-5-1)39-21-14-25-42(35-39)55(43-26-15-22-40(36-43)38-19-6-2-7-20-38)49-34-33-45(44-29-16-32-51-52(44)47-28-11-13-31-50(47)57-51)54-53(49)46-27-10-12-30-48(46)56(54)41-23-8-3-9-24-41/h1-36H. The van der Waals surface area contributed by atoms with Gasteiger partial charge in [-0.15, -0.1) is 0 Å². The predicted molar refractivity (Wildman–Crippen MR) is 239 cm³/mol. The zero-order valence-corrected chi connectivity index (χ0v) is 31.1. The Morgan fingerprint density at radius 2 is 0.912 bits per heavy atom. The van der Waals surface area contributed by atoms with Crippen LogP contribution in [0.2, 0.25) is 0 Å². The highest BCUT2D eigenvalue weighted by atomic mass is 16.3. The van der Waals surface area contributed by atoms with Gasteiger partial charge in [-0.2, -0.15) is 0 Å². The van der Waals surface area contributed by atoms with Gasteiger partial charge in [0, 0.05) is 44.2 Å². The lowest BCUT2D eigenvalue weighted by molar-refractivity contribution is 0.669. The molecule has 3 heteroatoms. The third-order valence-corrected chi connectivity index (χ3v) is 11.2. The molecule has 9 aromatic carbocycles. The molecule has 2 aromatic heterocycles. The summed E-state index contributed by atoms with van der Waals surface area (Å²) in [5.41, 5.74) is 15.4. The quantitative estimate of drug-likeness (QED) is 0.163. The Morgan fingerprint density at radius 3 is 1.60 bits per heavy atom.